The van der Waals surface area contributed by atoms with Gasteiger partial charge in [-0.25, -0.2) is 48.3 Å². The molecule has 10 heterocycles. The topological polar surface area (TPSA) is 484 Å². The van der Waals surface area contributed by atoms with Gasteiger partial charge in [-0.2, -0.15) is 0 Å². The Labute approximate surface area is 720 Å². The summed E-state index contributed by atoms with van der Waals surface area (Å²) in [4.78, 5) is 184. The van der Waals surface area contributed by atoms with Crippen LogP contribution in [0.4, 0.5) is 24.9 Å². The fourth-order valence-corrected chi connectivity index (χ4v) is 18.8. The maximum atomic E-state index is 13.2. The van der Waals surface area contributed by atoms with Gasteiger partial charge >= 0.3 is 42.1 Å². The number of carbonyl (C=O) groups excluding carboxylic acids is 10. The van der Waals surface area contributed by atoms with E-state index in [9.17, 15) is 77.6 Å². The number of rotatable bonds is 24. The van der Waals surface area contributed by atoms with E-state index in [1.807, 2.05) is 60.7 Å². The molecule has 36 heteroatoms. The molecule has 36 nitrogen and oxygen atoms in total. The van der Waals surface area contributed by atoms with Crippen molar-refractivity contribution in [3.05, 3.63) is 126 Å². The number of para-hydroxylation sites is 1. The number of piperazine rings is 3. The molecular formula is C88H117N19O17. The highest BCUT2D eigenvalue weighted by atomic mass is 16.6. The molecule has 4 aromatic carbocycles. The molecule has 12 N–H and O–H groups in total. The third-order valence-corrected chi connectivity index (χ3v) is 25.8. The van der Waals surface area contributed by atoms with Gasteiger partial charge in [0, 0.05) is 143 Å². The first-order chi connectivity index (χ1) is 59.6. The number of nitrogens with zero attached hydrogens (tertiary/aromatic N) is 13. The monoisotopic (exact) mass is 1710 g/mol. The van der Waals surface area contributed by atoms with E-state index in [-0.39, 0.29) is 106 Å². The van der Waals surface area contributed by atoms with Gasteiger partial charge in [0.1, 0.15) is 0 Å². The highest BCUT2D eigenvalue weighted by molar-refractivity contribution is 6.09. The van der Waals surface area contributed by atoms with Crippen LogP contribution in [-0.4, -0.2) is 319 Å². The van der Waals surface area contributed by atoms with Crippen molar-refractivity contribution in [2.24, 2.45) is 52.7 Å². The average Bonchev–Trinajstić information content (AvgIpc) is 0.831. The van der Waals surface area contributed by atoms with E-state index in [0.717, 1.165) is 102 Å². The summed E-state index contributed by atoms with van der Waals surface area (Å²) in [5.41, 5.74) is 23.5. The van der Waals surface area contributed by atoms with Crippen molar-refractivity contribution < 1.29 is 82.4 Å². The molecule has 4 aromatic rings. The van der Waals surface area contributed by atoms with Crippen molar-refractivity contribution in [1.82, 2.24) is 58.8 Å². The fraction of sp³-hybridized carbons (Fsp3) is 0.545. The number of benzene rings is 4. The van der Waals surface area contributed by atoms with E-state index < -0.39 is 95.7 Å². The third-order valence-electron chi connectivity index (χ3n) is 25.8. The van der Waals surface area contributed by atoms with Gasteiger partial charge in [-0.1, -0.05) is 103 Å². The van der Waals surface area contributed by atoms with Gasteiger partial charge in [-0.3, -0.25) is 45.0 Å². The van der Waals surface area contributed by atoms with Crippen molar-refractivity contribution in [1.29, 1.82) is 16.2 Å². The van der Waals surface area contributed by atoms with Gasteiger partial charge in [0.25, 0.3) is 0 Å². The predicted molar refractivity (Wildman–Crippen MR) is 455 cm³/mol. The molecule has 0 saturated carbocycles. The zero-order valence-electron chi connectivity index (χ0n) is 70.3. The standard InChI is InChI=1S/C32H40N6O5.C29H39N7O6.C27H38N6O6/c33-31(34)37-15-5-7-23(21-37)20-26-28(30(41)42)38(29(26)40)32(43)36-18-16-35(17-19-36)27(39)10-4-6-22-11-13-25(14-12-22)24-8-2-1-3-9-24;30-28(31)34-10-5-6-19(18-34)16-21-25(27(40)41)36(26(21)39)29(42)33-14-12-32(13-15-33)23(37)9-3-4-11-35-22-8-2-1-7-20(22)17-24(35)38;28-25(29)32-11-6-10-20(18-32)17-21-22(24(35)36)33(23(21)34)26(37)30-12-14-31(15-13-30)27(38)39-16-5-4-9-19-7-2-1-3-8-19/h1-3,8-9,11-14,23,26,28H,4-7,10,15-21H2,(H3,33,34)(H,41,42);1-2,7-8,19,21,25H,3-6,9-18H2,(H3,30,31)(H,40,41);1-3,7-8,20-22H,4-6,9-18H2,(H3,28,29)(H,35,36)/t23?,26-,28?;19?,21-,25?;20?,21-,22?/m111/s1. The normalized spacial score (nSPS) is 23.2. The number of imide groups is 3. The lowest BCUT2D eigenvalue weighted by molar-refractivity contribution is -0.167. The summed E-state index contributed by atoms with van der Waals surface area (Å²) >= 11 is 0. The second-order valence-electron chi connectivity index (χ2n) is 33.9. The van der Waals surface area contributed by atoms with Crippen LogP contribution in [0.25, 0.3) is 11.1 Å². The van der Waals surface area contributed by atoms with Crippen molar-refractivity contribution >= 4 is 101 Å². The zero-order chi connectivity index (χ0) is 88.4. The van der Waals surface area contributed by atoms with Crippen LogP contribution < -0.4 is 22.1 Å². The number of ether oxygens (including phenoxy) is 1. The second kappa shape index (κ2) is 42.1. The van der Waals surface area contributed by atoms with Crippen molar-refractivity contribution in [2.75, 3.05) is 136 Å². The maximum absolute atomic E-state index is 13.2. The molecule has 9 fully saturated rings. The zero-order valence-corrected chi connectivity index (χ0v) is 70.3. The van der Waals surface area contributed by atoms with E-state index in [2.05, 4.69) is 48.5 Å². The number of carbonyl (C=O) groups is 13. The number of urea groups is 3. The van der Waals surface area contributed by atoms with E-state index in [1.165, 1.54) is 36.3 Å². The summed E-state index contributed by atoms with van der Waals surface area (Å²) in [7, 11) is 0. The Balaban J connectivity index is 0.000000170. The van der Waals surface area contributed by atoms with Crippen LogP contribution in [0.3, 0.4) is 0 Å². The van der Waals surface area contributed by atoms with Gasteiger partial charge in [-0.05, 0) is 154 Å². The number of hydrogen-bond donors (Lipinski definition) is 9. The van der Waals surface area contributed by atoms with Crippen LogP contribution in [-0.2, 0) is 67.2 Å². The van der Waals surface area contributed by atoms with Gasteiger partial charge in [0.2, 0.25) is 35.4 Å². The number of hydrogen-bond acceptors (Lipinski definition) is 17. The van der Waals surface area contributed by atoms with E-state index in [4.69, 9.17) is 38.2 Å². The van der Waals surface area contributed by atoms with Crippen LogP contribution in [0.5, 0.6) is 0 Å². The molecule has 13 amide bonds. The first-order valence-electron chi connectivity index (χ1n) is 43.5. The summed E-state index contributed by atoms with van der Waals surface area (Å²) in [6, 6.07) is 30.9. The lowest BCUT2D eigenvalue weighted by Crippen LogP contribution is -2.70. The molecule has 9 saturated heterocycles. The van der Waals surface area contributed by atoms with Crippen molar-refractivity contribution in [2.45, 2.75) is 140 Å². The number of aliphatic carboxylic acids is 3. The van der Waals surface area contributed by atoms with Crippen molar-refractivity contribution in [3.8, 4) is 11.1 Å². The Kier molecular flexibility index (Phi) is 30.9. The molecule has 10 aliphatic rings. The second-order valence-corrected chi connectivity index (χ2v) is 33.9. The van der Waals surface area contributed by atoms with Gasteiger partial charge < -0.3 is 86.3 Å². The number of carboxylic acid groups (broad SMARTS) is 3. The minimum absolute atomic E-state index is 0.0224. The lowest BCUT2D eigenvalue weighted by atomic mass is 9.78. The number of piperidine rings is 3. The SMILES string of the molecule is N=C(N)N1CCCC(C[C@H]2C(=O)N(C(=O)N3CCN(C(=O)CCCCN4C(=O)Cc5ccccc54)CC3)C2C(=O)O)C1.N=C(N)N1CCCC(C[C@H]2C(=O)N(C(=O)N3CCN(C(=O)CCCc4ccc(-c5ccccc5)cc4)CC3)C2C(=O)O)C1.N=C(N)N1CCCC(C[C@H]2C(=O)N(C(=O)N3CCN(C(=O)OCCCCc4ccccc4)CC3)C2C(=O)O)C1. The molecule has 666 valence electrons. The Hall–Kier alpha value is -12.4. The van der Waals surface area contributed by atoms with Crippen LogP contribution in [0.2, 0.25) is 0 Å². The number of amides is 13. The predicted octanol–water partition coefficient (Wildman–Crippen LogP) is 5.56. The molecule has 0 bridgehead atoms. The quantitative estimate of drug-likeness (QED) is 0.0179. The molecule has 10 aliphatic heterocycles. The molecule has 9 atom stereocenters. The van der Waals surface area contributed by atoms with Gasteiger partial charge in [0.15, 0.2) is 36.0 Å². The number of nitrogens with two attached hydrogens (primary N) is 3. The molecule has 124 heavy (non-hydrogen) atoms. The number of anilines is 1. The van der Waals surface area contributed by atoms with E-state index in [1.54, 1.807) is 29.4 Å². The molecule has 14 rings (SSSR count). The van der Waals surface area contributed by atoms with Gasteiger partial charge in [0.05, 0.1) is 30.8 Å². The number of unbranched alkanes of at least 4 members (excludes halogenated alkanes) is 2. The highest BCUT2D eigenvalue weighted by Gasteiger charge is 2.59. The van der Waals surface area contributed by atoms with Crippen LogP contribution >= 0.6 is 0 Å². The Bertz CT molecular complexity index is 4560. The first-order valence-corrected chi connectivity index (χ1v) is 43.5. The Morgan fingerprint density at radius 2 is 0.750 bits per heavy atom. The largest absolute Gasteiger partial charge is 0.480 e. The summed E-state index contributed by atoms with van der Waals surface area (Å²) in [6.07, 6.45) is 12.1. The maximum Gasteiger partial charge on any atom is 0.409 e. The van der Waals surface area contributed by atoms with Crippen LogP contribution in [0.15, 0.2) is 109 Å². The summed E-state index contributed by atoms with van der Waals surface area (Å²) in [6.45, 7) is 7.58. The number of guanidine groups is 3. The van der Waals surface area contributed by atoms with Crippen LogP contribution in [0.1, 0.15) is 119 Å². The van der Waals surface area contributed by atoms with E-state index >= 15 is 0 Å². The number of carboxylic acids is 3. The fourth-order valence-electron chi connectivity index (χ4n) is 18.8. The van der Waals surface area contributed by atoms with Crippen LogP contribution in [0, 0.1) is 51.7 Å². The minimum atomic E-state index is -1.22. The first kappa shape index (κ1) is 90.8. The summed E-state index contributed by atoms with van der Waals surface area (Å²) in [5, 5.41) is 52.5. The summed E-state index contributed by atoms with van der Waals surface area (Å²) in [5.74, 6) is -7.27. The Morgan fingerprint density at radius 3 is 1.17 bits per heavy atom. The summed E-state index contributed by atoms with van der Waals surface area (Å²) < 4.78 is 5.39. The number of nitrogens with one attached hydrogen (secondary N) is 3. The van der Waals surface area contributed by atoms with Crippen molar-refractivity contribution in [3.63, 3.8) is 0 Å². The molecule has 0 aliphatic carbocycles. The molecule has 0 spiro atoms. The molecule has 6 unspecified atom stereocenters. The molecule has 0 aromatic heterocycles. The Morgan fingerprint density at radius 1 is 0.387 bits per heavy atom. The smallest absolute Gasteiger partial charge is 0.409 e. The third kappa shape index (κ3) is 22.1. The average molecular weight is 1710 g/mol. The minimum Gasteiger partial charge on any atom is -0.480 e. The van der Waals surface area contributed by atoms with E-state index in [0.29, 0.717) is 130 Å². The molecule has 0 radical (unpaired) electrons. The number of aryl methyl sites for hydroxylation is 2. The number of likely N-dealkylation sites (tertiary alicyclic amines) is 6. The molecular weight excluding hydrogens is 1600 g/mol. The number of fused-ring (bicyclic) bond motifs is 1. The van der Waals surface area contributed by atoms with Gasteiger partial charge in [-0.15, -0.1) is 0 Å². The highest BCUT2D eigenvalue weighted by Crippen LogP contribution is 2.40. The number of β-lactam (4-membered cyclic amide) rings is 3. The lowest BCUT2D eigenvalue weighted by Gasteiger charge is -2.47.